The van der Waals surface area contributed by atoms with Crippen molar-refractivity contribution in [2.45, 2.75) is 38.0 Å². The average Bonchev–Trinajstić information content (AvgIpc) is 2.59. The number of thiophene rings is 1. The summed E-state index contributed by atoms with van der Waals surface area (Å²) in [4.78, 5) is 1.39. The fraction of sp³-hybridized carbons (Fsp3) is 0.636. The molecule has 1 heterocycles. The summed E-state index contributed by atoms with van der Waals surface area (Å²) in [6.45, 7) is 4.32. The Hall–Kier alpha value is 0.490. The van der Waals surface area contributed by atoms with E-state index in [2.05, 4.69) is 41.2 Å². The van der Waals surface area contributed by atoms with Crippen LogP contribution in [0.1, 0.15) is 36.8 Å². The van der Waals surface area contributed by atoms with Crippen LogP contribution >= 0.6 is 39.0 Å². The van der Waals surface area contributed by atoms with Gasteiger partial charge in [0.2, 0.25) is 0 Å². The zero-order chi connectivity index (χ0) is 11.3. The quantitative estimate of drug-likeness (QED) is 0.787. The van der Waals surface area contributed by atoms with E-state index in [9.17, 15) is 0 Å². The first-order valence-electron chi connectivity index (χ1n) is 5.26. The Morgan fingerprint density at radius 3 is 2.80 bits per heavy atom. The number of rotatable bonds is 6. The highest BCUT2D eigenvalue weighted by atomic mass is 79.9. The fourth-order valence-corrected chi connectivity index (χ4v) is 4.48. The van der Waals surface area contributed by atoms with Crippen LogP contribution in [-0.4, -0.2) is 11.8 Å². The van der Waals surface area contributed by atoms with Crippen LogP contribution in [0.25, 0.3) is 0 Å². The number of nitrogens with two attached hydrogens (primary N) is 1. The summed E-state index contributed by atoms with van der Waals surface area (Å²) in [6.07, 6.45) is 2.53. The molecule has 0 amide bonds. The number of hydrogen-bond donors (Lipinski definition) is 1. The number of thioether (sulfide) groups is 1. The third kappa shape index (κ3) is 4.47. The standard InChI is InChI=1S/C11H18BrNS2/c1-3-4-5-14-11(8(2)13)10-6-9(12)7-15-10/h6-8,11H,3-5,13H2,1-2H3. The summed E-state index contributed by atoms with van der Waals surface area (Å²) in [5.41, 5.74) is 6.03. The lowest BCUT2D eigenvalue weighted by molar-refractivity contribution is 0.728. The minimum Gasteiger partial charge on any atom is -0.327 e. The maximum Gasteiger partial charge on any atom is 0.0539 e. The van der Waals surface area contributed by atoms with Gasteiger partial charge in [0.1, 0.15) is 0 Å². The molecule has 2 unspecified atom stereocenters. The van der Waals surface area contributed by atoms with E-state index in [0.29, 0.717) is 5.25 Å². The van der Waals surface area contributed by atoms with Gasteiger partial charge in [0.25, 0.3) is 0 Å². The number of hydrogen-bond acceptors (Lipinski definition) is 3. The van der Waals surface area contributed by atoms with E-state index in [1.54, 1.807) is 11.3 Å². The molecule has 2 N–H and O–H groups in total. The summed E-state index contributed by atoms with van der Waals surface area (Å²) >= 11 is 7.27. The minimum atomic E-state index is 0.220. The van der Waals surface area contributed by atoms with Crippen LogP contribution in [0.5, 0.6) is 0 Å². The molecule has 0 fully saturated rings. The van der Waals surface area contributed by atoms with Gasteiger partial charge in [0.15, 0.2) is 0 Å². The van der Waals surface area contributed by atoms with Crippen LogP contribution < -0.4 is 5.73 Å². The van der Waals surface area contributed by atoms with Gasteiger partial charge in [-0.1, -0.05) is 13.3 Å². The third-order valence-corrected chi connectivity index (χ3v) is 5.63. The molecule has 2 atom stereocenters. The van der Waals surface area contributed by atoms with Crippen LogP contribution in [0.4, 0.5) is 0 Å². The first-order chi connectivity index (χ1) is 7.15. The van der Waals surface area contributed by atoms with Crippen LogP contribution in [0.3, 0.4) is 0 Å². The van der Waals surface area contributed by atoms with E-state index < -0.39 is 0 Å². The van der Waals surface area contributed by atoms with E-state index >= 15 is 0 Å². The lowest BCUT2D eigenvalue weighted by atomic mass is 10.2. The Morgan fingerprint density at radius 2 is 2.33 bits per heavy atom. The van der Waals surface area contributed by atoms with Crippen molar-refractivity contribution in [3.05, 3.63) is 20.8 Å². The van der Waals surface area contributed by atoms with Crippen LogP contribution in [0, 0.1) is 0 Å². The first kappa shape index (κ1) is 13.6. The second-order valence-corrected chi connectivity index (χ2v) is 6.78. The van der Waals surface area contributed by atoms with Gasteiger partial charge in [0, 0.05) is 20.8 Å². The molecule has 1 rings (SSSR count). The molecule has 0 saturated heterocycles. The molecule has 15 heavy (non-hydrogen) atoms. The maximum absolute atomic E-state index is 6.03. The summed E-state index contributed by atoms with van der Waals surface area (Å²) in [7, 11) is 0. The van der Waals surface area contributed by atoms with Gasteiger partial charge in [-0.25, -0.2) is 0 Å². The third-order valence-electron chi connectivity index (χ3n) is 2.14. The largest absolute Gasteiger partial charge is 0.327 e. The molecule has 86 valence electrons. The molecular formula is C11H18BrNS2. The predicted octanol–water partition coefficient (Wildman–Crippen LogP) is 4.43. The van der Waals surface area contributed by atoms with Crippen molar-refractivity contribution in [3.63, 3.8) is 0 Å². The van der Waals surface area contributed by atoms with Gasteiger partial charge in [-0.2, -0.15) is 11.8 Å². The van der Waals surface area contributed by atoms with Gasteiger partial charge in [-0.3, -0.25) is 0 Å². The molecule has 0 aromatic carbocycles. The Labute approximate surface area is 109 Å². The maximum atomic E-state index is 6.03. The van der Waals surface area contributed by atoms with Gasteiger partial charge in [-0.05, 0) is 41.1 Å². The van der Waals surface area contributed by atoms with Gasteiger partial charge < -0.3 is 5.73 Å². The van der Waals surface area contributed by atoms with Crippen molar-refractivity contribution < 1.29 is 0 Å². The van der Waals surface area contributed by atoms with Crippen LogP contribution in [0.2, 0.25) is 0 Å². The Morgan fingerprint density at radius 1 is 1.60 bits per heavy atom. The minimum absolute atomic E-state index is 0.220. The summed E-state index contributed by atoms with van der Waals surface area (Å²) in [5, 5.41) is 2.58. The van der Waals surface area contributed by atoms with Gasteiger partial charge in [-0.15, -0.1) is 11.3 Å². The summed E-state index contributed by atoms with van der Waals surface area (Å²) < 4.78 is 1.17. The monoisotopic (exact) mass is 307 g/mol. The second kappa shape index (κ2) is 6.94. The Bertz CT molecular complexity index is 286. The number of halogens is 1. The molecular weight excluding hydrogens is 290 g/mol. The van der Waals surface area contributed by atoms with E-state index in [4.69, 9.17) is 5.73 Å². The van der Waals surface area contributed by atoms with Crippen molar-refractivity contribution in [2.24, 2.45) is 5.73 Å². The summed E-state index contributed by atoms with van der Waals surface area (Å²) in [5.74, 6) is 1.21. The molecule has 0 radical (unpaired) electrons. The van der Waals surface area contributed by atoms with E-state index in [-0.39, 0.29) is 6.04 Å². The Kier molecular flexibility index (Phi) is 6.27. The van der Waals surface area contributed by atoms with Crippen molar-refractivity contribution in [2.75, 3.05) is 5.75 Å². The van der Waals surface area contributed by atoms with Gasteiger partial charge in [0.05, 0.1) is 5.25 Å². The lowest BCUT2D eigenvalue weighted by Gasteiger charge is -2.18. The highest BCUT2D eigenvalue weighted by Gasteiger charge is 2.18. The molecule has 0 aliphatic carbocycles. The van der Waals surface area contributed by atoms with Gasteiger partial charge >= 0.3 is 0 Å². The average molecular weight is 308 g/mol. The highest BCUT2D eigenvalue weighted by molar-refractivity contribution is 9.10. The molecule has 0 bridgehead atoms. The molecule has 4 heteroatoms. The van der Waals surface area contributed by atoms with Crippen LogP contribution in [-0.2, 0) is 0 Å². The highest BCUT2D eigenvalue weighted by Crippen LogP contribution is 2.36. The molecule has 0 aliphatic heterocycles. The lowest BCUT2D eigenvalue weighted by Crippen LogP contribution is -2.22. The zero-order valence-electron chi connectivity index (χ0n) is 9.20. The molecule has 1 nitrogen and oxygen atoms in total. The van der Waals surface area contributed by atoms with E-state index in [1.165, 1.54) is 27.9 Å². The first-order valence-corrected chi connectivity index (χ1v) is 7.98. The SMILES string of the molecule is CCCCSC(c1cc(Br)cs1)C(C)N. The fourth-order valence-electron chi connectivity index (χ4n) is 1.33. The van der Waals surface area contributed by atoms with Crippen molar-refractivity contribution in [3.8, 4) is 0 Å². The van der Waals surface area contributed by atoms with Crippen molar-refractivity contribution in [1.29, 1.82) is 0 Å². The Balaban J connectivity index is 2.58. The zero-order valence-corrected chi connectivity index (χ0v) is 12.4. The topological polar surface area (TPSA) is 26.0 Å². The molecule has 1 aromatic heterocycles. The smallest absolute Gasteiger partial charge is 0.0539 e. The van der Waals surface area contributed by atoms with Crippen molar-refractivity contribution in [1.82, 2.24) is 0 Å². The summed E-state index contributed by atoms with van der Waals surface area (Å²) in [6, 6.07) is 2.41. The molecule has 0 spiro atoms. The molecule has 0 saturated carbocycles. The van der Waals surface area contributed by atoms with E-state index in [0.717, 1.165) is 0 Å². The predicted molar refractivity (Wildman–Crippen MR) is 75.8 cm³/mol. The number of unbranched alkanes of at least 4 members (excludes halogenated alkanes) is 1. The molecule has 0 aliphatic rings. The normalized spacial score (nSPS) is 15.2. The van der Waals surface area contributed by atoms with E-state index in [1.807, 2.05) is 11.8 Å². The van der Waals surface area contributed by atoms with Crippen LogP contribution in [0.15, 0.2) is 15.9 Å². The van der Waals surface area contributed by atoms with Crippen molar-refractivity contribution >= 4 is 39.0 Å². The molecule has 1 aromatic rings. The second-order valence-electron chi connectivity index (χ2n) is 3.67.